The highest BCUT2D eigenvalue weighted by atomic mass is 32.2. The second-order valence-electron chi connectivity index (χ2n) is 6.22. The Balaban J connectivity index is 2.04. The van der Waals surface area contributed by atoms with Gasteiger partial charge in [0.1, 0.15) is 0 Å². The third kappa shape index (κ3) is 5.20. The second-order valence-corrected chi connectivity index (χ2v) is 8.15. The Hall–Kier alpha value is -1.62. The van der Waals surface area contributed by atoms with Gasteiger partial charge in [-0.15, -0.1) is 0 Å². The molecule has 126 valence electrons. The molecule has 0 saturated carbocycles. The van der Waals surface area contributed by atoms with Gasteiger partial charge in [0, 0.05) is 30.8 Å². The number of hydrogen-bond acceptors (Lipinski definition) is 3. The minimum atomic E-state index is -3.10. The molecule has 0 saturated heterocycles. The summed E-state index contributed by atoms with van der Waals surface area (Å²) in [6, 6.07) is 8.06. The van der Waals surface area contributed by atoms with Crippen molar-refractivity contribution in [2.75, 3.05) is 12.3 Å². The van der Waals surface area contributed by atoms with Gasteiger partial charge < -0.3 is 4.90 Å². The van der Waals surface area contributed by atoms with Crippen molar-refractivity contribution >= 4 is 15.7 Å². The molecule has 0 radical (unpaired) electrons. The summed E-state index contributed by atoms with van der Waals surface area (Å²) < 4.78 is 23.0. The van der Waals surface area contributed by atoms with Crippen LogP contribution in [-0.4, -0.2) is 31.5 Å². The minimum Gasteiger partial charge on any atom is -0.338 e. The van der Waals surface area contributed by atoms with Crippen molar-refractivity contribution in [3.05, 3.63) is 46.9 Å². The highest BCUT2D eigenvalue weighted by molar-refractivity contribution is 7.94. The average molecular weight is 335 g/mol. The Labute approximate surface area is 139 Å². The highest BCUT2D eigenvalue weighted by Gasteiger charge is 2.26. The lowest BCUT2D eigenvalue weighted by Crippen LogP contribution is -2.33. The van der Waals surface area contributed by atoms with Crippen LogP contribution in [0, 0.1) is 12.8 Å². The molecule has 1 aromatic carbocycles. The fraction of sp³-hybridized carbons (Fsp3) is 0.500. The molecule has 0 bridgehead atoms. The summed E-state index contributed by atoms with van der Waals surface area (Å²) in [5.74, 6) is -0.0907. The van der Waals surface area contributed by atoms with Crippen LogP contribution in [0.3, 0.4) is 0 Å². The number of nitrogens with zero attached hydrogens (tertiary/aromatic N) is 1. The molecule has 1 aliphatic rings. The lowest BCUT2D eigenvalue weighted by atomic mass is 10.1. The fourth-order valence-corrected chi connectivity index (χ4v) is 4.15. The third-order valence-electron chi connectivity index (χ3n) is 4.20. The Morgan fingerprint density at radius 2 is 2.04 bits per heavy atom. The van der Waals surface area contributed by atoms with Crippen LogP contribution in [-0.2, 0) is 21.2 Å². The minimum absolute atomic E-state index is 0.0356. The molecule has 5 heteroatoms. The molecule has 2 rings (SSSR count). The predicted molar refractivity (Wildman–Crippen MR) is 92.5 cm³/mol. The molecule has 23 heavy (non-hydrogen) atoms. The van der Waals surface area contributed by atoms with Crippen LogP contribution in [0.25, 0.3) is 0 Å². The first-order valence-corrected chi connectivity index (χ1v) is 9.86. The van der Waals surface area contributed by atoms with Crippen LogP contribution < -0.4 is 0 Å². The van der Waals surface area contributed by atoms with Crippen LogP contribution in [0.1, 0.15) is 37.3 Å². The summed E-state index contributed by atoms with van der Waals surface area (Å²) in [6.45, 7) is 5.45. The maximum atomic E-state index is 12.6. The first-order chi connectivity index (χ1) is 10.9. The number of benzene rings is 1. The molecule has 1 amide bonds. The van der Waals surface area contributed by atoms with E-state index in [-0.39, 0.29) is 24.0 Å². The molecule has 0 N–H and O–H groups in total. The summed E-state index contributed by atoms with van der Waals surface area (Å²) in [4.78, 5) is 14.5. The van der Waals surface area contributed by atoms with Gasteiger partial charge in [-0.1, -0.05) is 43.7 Å². The van der Waals surface area contributed by atoms with Crippen molar-refractivity contribution in [1.29, 1.82) is 0 Å². The van der Waals surface area contributed by atoms with Crippen molar-refractivity contribution in [3.8, 4) is 0 Å². The summed E-state index contributed by atoms with van der Waals surface area (Å²) in [5.41, 5.74) is 2.32. The molecule has 0 fully saturated rings. The first-order valence-electron chi connectivity index (χ1n) is 8.14. The van der Waals surface area contributed by atoms with Crippen LogP contribution in [0.15, 0.2) is 35.7 Å². The van der Waals surface area contributed by atoms with Gasteiger partial charge in [-0.2, -0.15) is 0 Å². The molecule has 0 unspecified atom stereocenters. The van der Waals surface area contributed by atoms with E-state index in [2.05, 4.69) is 6.92 Å². The van der Waals surface area contributed by atoms with Gasteiger partial charge in [0.05, 0.1) is 5.75 Å². The van der Waals surface area contributed by atoms with E-state index in [4.69, 9.17) is 0 Å². The SMILES string of the molecule is CCCCN(Cc1ccccc1C)C(=O)C[C@@H]1C=CS(=O)(=O)C1. The third-order valence-corrected chi connectivity index (χ3v) is 5.66. The Morgan fingerprint density at radius 3 is 2.65 bits per heavy atom. The number of carbonyl (C=O) groups is 1. The molecular formula is C18H25NO3S. The van der Waals surface area contributed by atoms with Crippen molar-refractivity contribution in [1.82, 2.24) is 4.90 Å². The normalized spacial score (nSPS) is 19.0. The summed E-state index contributed by atoms with van der Waals surface area (Å²) in [6.07, 6.45) is 3.90. The summed E-state index contributed by atoms with van der Waals surface area (Å²) >= 11 is 0. The van der Waals surface area contributed by atoms with E-state index in [9.17, 15) is 13.2 Å². The zero-order valence-corrected chi connectivity index (χ0v) is 14.7. The lowest BCUT2D eigenvalue weighted by molar-refractivity contribution is -0.132. The number of sulfone groups is 1. The number of amides is 1. The summed E-state index contributed by atoms with van der Waals surface area (Å²) in [7, 11) is -3.10. The van der Waals surface area contributed by atoms with Crippen molar-refractivity contribution < 1.29 is 13.2 Å². The van der Waals surface area contributed by atoms with Crippen molar-refractivity contribution in [3.63, 3.8) is 0 Å². The predicted octanol–water partition coefficient (Wildman–Crippen LogP) is 3.07. The van der Waals surface area contributed by atoms with Gasteiger partial charge in [-0.25, -0.2) is 8.42 Å². The van der Waals surface area contributed by atoms with Gasteiger partial charge in [-0.05, 0) is 24.5 Å². The van der Waals surface area contributed by atoms with Crippen molar-refractivity contribution in [2.45, 2.75) is 39.7 Å². The van der Waals surface area contributed by atoms with Gasteiger partial charge in [0.15, 0.2) is 9.84 Å². The number of rotatable bonds is 7. The van der Waals surface area contributed by atoms with Gasteiger partial charge in [0.2, 0.25) is 5.91 Å². The van der Waals surface area contributed by atoms with E-state index in [0.717, 1.165) is 18.4 Å². The van der Waals surface area contributed by atoms with E-state index < -0.39 is 9.84 Å². The van der Waals surface area contributed by atoms with E-state index in [1.807, 2.05) is 36.1 Å². The fourth-order valence-electron chi connectivity index (χ4n) is 2.75. The van der Waals surface area contributed by atoms with E-state index >= 15 is 0 Å². The molecule has 1 aliphatic heterocycles. The molecule has 1 atom stereocenters. The standard InChI is InChI=1S/C18H25NO3S/c1-3-4-10-19(13-17-8-6-5-7-15(17)2)18(20)12-16-9-11-23(21,22)14-16/h5-9,11,16H,3-4,10,12-14H2,1-2H3/t16-/m0/s1. The molecule has 1 aromatic rings. The second kappa shape index (κ2) is 7.77. The van der Waals surface area contributed by atoms with Gasteiger partial charge >= 0.3 is 0 Å². The maximum absolute atomic E-state index is 12.6. The van der Waals surface area contributed by atoms with E-state index in [1.165, 1.54) is 11.0 Å². The topological polar surface area (TPSA) is 54.5 Å². The monoisotopic (exact) mass is 335 g/mol. The molecule has 0 aliphatic carbocycles. The number of allylic oxidation sites excluding steroid dienone is 1. The Bertz CT molecular complexity index is 679. The molecule has 1 heterocycles. The lowest BCUT2D eigenvalue weighted by Gasteiger charge is -2.24. The number of carbonyl (C=O) groups excluding carboxylic acids is 1. The smallest absolute Gasteiger partial charge is 0.223 e. The van der Waals surface area contributed by atoms with E-state index in [0.29, 0.717) is 13.1 Å². The van der Waals surface area contributed by atoms with Crippen LogP contribution >= 0.6 is 0 Å². The number of hydrogen-bond donors (Lipinski definition) is 0. The first kappa shape index (κ1) is 17.7. The average Bonchev–Trinajstić information content (AvgIpc) is 2.84. The Morgan fingerprint density at radius 1 is 1.30 bits per heavy atom. The largest absolute Gasteiger partial charge is 0.338 e. The van der Waals surface area contributed by atoms with Crippen molar-refractivity contribution in [2.24, 2.45) is 5.92 Å². The van der Waals surface area contributed by atoms with E-state index in [1.54, 1.807) is 6.08 Å². The summed E-state index contributed by atoms with van der Waals surface area (Å²) in [5, 5.41) is 1.24. The molecular weight excluding hydrogens is 310 g/mol. The number of aryl methyl sites for hydroxylation is 1. The highest BCUT2D eigenvalue weighted by Crippen LogP contribution is 2.20. The Kier molecular flexibility index (Phi) is 5.99. The van der Waals surface area contributed by atoms with Crippen LogP contribution in [0.2, 0.25) is 0 Å². The zero-order valence-electron chi connectivity index (χ0n) is 13.9. The van der Waals surface area contributed by atoms with Crippen LogP contribution in [0.5, 0.6) is 0 Å². The number of unbranched alkanes of at least 4 members (excludes halogenated alkanes) is 1. The van der Waals surface area contributed by atoms with Gasteiger partial charge in [-0.3, -0.25) is 4.79 Å². The molecule has 4 nitrogen and oxygen atoms in total. The molecule has 0 spiro atoms. The quantitative estimate of drug-likeness (QED) is 0.769. The maximum Gasteiger partial charge on any atom is 0.223 e. The molecule has 0 aromatic heterocycles. The zero-order chi connectivity index (χ0) is 16.9. The van der Waals surface area contributed by atoms with Crippen LogP contribution in [0.4, 0.5) is 0 Å². The van der Waals surface area contributed by atoms with Gasteiger partial charge in [0.25, 0.3) is 0 Å².